The van der Waals surface area contributed by atoms with Gasteiger partial charge in [0.1, 0.15) is 0 Å². The van der Waals surface area contributed by atoms with Crippen molar-refractivity contribution in [1.82, 2.24) is 10.2 Å². The van der Waals surface area contributed by atoms with E-state index < -0.39 is 0 Å². The van der Waals surface area contributed by atoms with E-state index in [4.69, 9.17) is 4.74 Å². The van der Waals surface area contributed by atoms with E-state index in [-0.39, 0.29) is 18.1 Å². The Balaban J connectivity index is 0.000000229. The summed E-state index contributed by atoms with van der Waals surface area (Å²) in [5.41, 5.74) is 2.57. The summed E-state index contributed by atoms with van der Waals surface area (Å²) in [4.78, 5) is 24.0. The lowest BCUT2D eigenvalue weighted by atomic mass is 10.0. The van der Waals surface area contributed by atoms with E-state index in [1.165, 1.54) is 11.1 Å². The Morgan fingerprint density at radius 2 is 1.87 bits per heavy atom. The molecule has 5 heteroatoms. The number of nitrogens with one attached hydrogen (secondary N) is 1. The zero-order valence-corrected chi connectivity index (χ0v) is 14.2. The third kappa shape index (κ3) is 5.27. The van der Waals surface area contributed by atoms with Crippen LogP contribution in [0.4, 0.5) is 4.79 Å². The molecule has 0 radical (unpaired) electrons. The molecule has 1 aliphatic heterocycles. The molecule has 2 amide bonds. The average molecular weight is 318 g/mol. The minimum Gasteiger partial charge on any atom is -0.447 e. The third-order valence-corrected chi connectivity index (χ3v) is 3.92. The number of hydrogen-bond acceptors (Lipinski definition) is 3. The first-order chi connectivity index (χ1) is 11.0. The minimum absolute atomic E-state index is 0.0512. The molecule has 1 aliphatic carbocycles. The van der Waals surface area contributed by atoms with Crippen LogP contribution in [0.3, 0.4) is 0 Å². The van der Waals surface area contributed by atoms with Gasteiger partial charge in [-0.3, -0.25) is 4.79 Å². The minimum atomic E-state index is -0.204. The van der Waals surface area contributed by atoms with Crippen LogP contribution in [0, 0.1) is 5.92 Å². The van der Waals surface area contributed by atoms with E-state index in [9.17, 15) is 9.59 Å². The van der Waals surface area contributed by atoms with Gasteiger partial charge in [-0.15, -0.1) is 0 Å². The van der Waals surface area contributed by atoms with E-state index in [0.29, 0.717) is 12.5 Å². The Bertz CT molecular complexity index is 553. The van der Waals surface area contributed by atoms with Gasteiger partial charge in [0.25, 0.3) is 0 Å². The Hall–Kier alpha value is -2.04. The topological polar surface area (TPSA) is 58.6 Å². The van der Waals surface area contributed by atoms with Crippen molar-refractivity contribution in [1.29, 1.82) is 0 Å². The van der Waals surface area contributed by atoms with Gasteiger partial charge in [-0.25, -0.2) is 4.79 Å². The van der Waals surface area contributed by atoms with Gasteiger partial charge in [-0.2, -0.15) is 0 Å². The number of carbonyl (C=O) groups excluding carboxylic acids is 2. The highest BCUT2D eigenvalue weighted by atomic mass is 16.6. The molecule has 0 saturated heterocycles. The van der Waals surface area contributed by atoms with Crippen LogP contribution in [0.15, 0.2) is 24.3 Å². The van der Waals surface area contributed by atoms with E-state index in [2.05, 4.69) is 17.4 Å². The quantitative estimate of drug-likeness (QED) is 0.912. The van der Waals surface area contributed by atoms with Crippen LogP contribution in [-0.2, 0) is 22.5 Å². The van der Waals surface area contributed by atoms with Crippen molar-refractivity contribution in [3.63, 3.8) is 0 Å². The van der Waals surface area contributed by atoms with Gasteiger partial charge >= 0.3 is 6.09 Å². The van der Waals surface area contributed by atoms with Crippen molar-refractivity contribution in [2.24, 2.45) is 5.92 Å². The van der Waals surface area contributed by atoms with Crippen LogP contribution >= 0.6 is 0 Å². The zero-order chi connectivity index (χ0) is 16.8. The van der Waals surface area contributed by atoms with Crippen LogP contribution in [-0.4, -0.2) is 36.6 Å². The van der Waals surface area contributed by atoms with Crippen molar-refractivity contribution >= 4 is 12.0 Å². The number of amides is 2. The highest BCUT2D eigenvalue weighted by Crippen LogP contribution is 2.28. The van der Waals surface area contributed by atoms with Gasteiger partial charge < -0.3 is 15.0 Å². The highest BCUT2D eigenvalue weighted by Gasteiger charge is 2.28. The van der Waals surface area contributed by atoms with Gasteiger partial charge in [-0.1, -0.05) is 24.3 Å². The monoisotopic (exact) mass is 318 g/mol. The first-order valence-corrected chi connectivity index (χ1v) is 8.25. The van der Waals surface area contributed by atoms with Crippen molar-refractivity contribution in [3.05, 3.63) is 35.4 Å². The van der Waals surface area contributed by atoms with Crippen molar-refractivity contribution in [3.8, 4) is 0 Å². The molecule has 0 atom stereocenters. The second-order valence-corrected chi connectivity index (χ2v) is 6.26. The van der Waals surface area contributed by atoms with Gasteiger partial charge in [0.2, 0.25) is 5.91 Å². The molecule has 3 rings (SSSR count). The predicted molar refractivity (Wildman–Crippen MR) is 89.0 cm³/mol. The average Bonchev–Trinajstić information content (AvgIpc) is 3.38. The fraction of sp³-hybridized carbons (Fsp3) is 0.556. The van der Waals surface area contributed by atoms with Crippen LogP contribution < -0.4 is 5.32 Å². The molecular weight excluding hydrogens is 292 g/mol. The molecular formula is C18H26N2O3. The zero-order valence-electron chi connectivity index (χ0n) is 14.2. The number of ether oxygens (including phenoxy) is 1. The lowest BCUT2D eigenvalue weighted by Crippen LogP contribution is -2.37. The Morgan fingerprint density at radius 3 is 2.39 bits per heavy atom. The summed E-state index contributed by atoms with van der Waals surface area (Å²) in [5, 5.41) is 2.59. The van der Waals surface area contributed by atoms with E-state index in [1.54, 1.807) is 11.9 Å². The summed E-state index contributed by atoms with van der Waals surface area (Å²) < 4.78 is 5.19. The third-order valence-electron chi connectivity index (χ3n) is 3.92. The molecule has 1 heterocycles. The van der Waals surface area contributed by atoms with Gasteiger partial charge in [-0.05, 0) is 44.2 Å². The molecule has 1 aromatic carbocycles. The van der Waals surface area contributed by atoms with Gasteiger partial charge in [0, 0.05) is 26.1 Å². The summed E-state index contributed by atoms with van der Waals surface area (Å²) in [5.74, 6) is 0.574. The Morgan fingerprint density at radius 1 is 1.22 bits per heavy atom. The van der Waals surface area contributed by atoms with E-state index in [1.807, 2.05) is 26.0 Å². The van der Waals surface area contributed by atoms with Crippen molar-refractivity contribution in [2.75, 3.05) is 13.6 Å². The van der Waals surface area contributed by atoms with Gasteiger partial charge in [0.05, 0.1) is 6.10 Å². The SMILES string of the molecule is CC(C)OC(=O)N1CCc2ccccc2C1.CNC(=O)C1CC1. The number of hydrogen-bond donors (Lipinski definition) is 1. The molecule has 1 saturated carbocycles. The number of nitrogens with zero attached hydrogens (tertiary/aromatic N) is 1. The molecule has 1 fully saturated rings. The van der Waals surface area contributed by atoms with Gasteiger partial charge in [0.15, 0.2) is 0 Å². The molecule has 0 unspecified atom stereocenters. The largest absolute Gasteiger partial charge is 0.447 e. The van der Waals surface area contributed by atoms with E-state index >= 15 is 0 Å². The summed E-state index contributed by atoms with van der Waals surface area (Å²) >= 11 is 0. The van der Waals surface area contributed by atoms with E-state index in [0.717, 1.165) is 25.8 Å². The fourth-order valence-corrected chi connectivity index (χ4v) is 2.48. The second-order valence-electron chi connectivity index (χ2n) is 6.26. The predicted octanol–water partition coefficient (Wildman–Crippen LogP) is 2.73. The van der Waals surface area contributed by atoms with Crippen LogP contribution in [0.5, 0.6) is 0 Å². The summed E-state index contributed by atoms with van der Waals surface area (Å²) in [6.07, 6.45) is 2.86. The molecule has 23 heavy (non-hydrogen) atoms. The molecule has 5 nitrogen and oxygen atoms in total. The van der Waals surface area contributed by atoms with Crippen LogP contribution in [0.25, 0.3) is 0 Å². The maximum atomic E-state index is 11.7. The fourth-order valence-electron chi connectivity index (χ4n) is 2.48. The molecule has 2 aliphatic rings. The smallest absolute Gasteiger partial charge is 0.410 e. The molecule has 1 N–H and O–H groups in total. The maximum Gasteiger partial charge on any atom is 0.410 e. The van der Waals surface area contributed by atoms with Crippen LogP contribution in [0.2, 0.25) is 0 Å². The lowest BCUT2D eigenvalue weighted by Gasteiger charge is -2.28. The first kappa shape index (κ1) is 17.3. The number of benzene rings is 1. The Kier molecular flexibility index (Phi) is 6.02. The summed E-state index contributed by atoms with van der Waals surface area (Å²) in [7, 11) is 1.68. The van der Waals surface area contributed by atoms with Crippen molar-refractivity contribution in [2.45, 2.75) is 45.8 Å². The molecule has 0 bridgehead atoms. The number of fused-ring (bicyclic) bond motifs is 1. The maximum absolute atomic E-state index is 11.7. The number of carbonyl (C=O) groups is 2. The number of rotatable bonds is 2. The molecule has 1 aromatic rings. The Labute approximate surface area is 138 Å². The summed E-state index contributed by atoms with van der Waals surface area (Å²) in [6.45, 7) is 5.16. The lowest BCUT2D eigenvalue weighted by molar-refractivity contribution is -0.121. The molecule has 126 valence electrons. The van der Waals surface area contributed by atoms with Crippen LogP contribution in [0.1, 0.15) is 37.8 Å². The molecule has 0 aromatic heterocycles. The first-order valence-electron chi connectivity index (χ1n) is 8.25. The standard InChI is InChI=1S/C13H17NO2.C5H9NO/c1-10(2)16-13(15)14-8-7-11-5-3-4-6-12(11)9-14;1-6-5(7)4-2-3-4/h3-6,10H,7-9H2,1-2H3;4H,2-3H2,1H3,(H,6,7). The van der Waals surface area contributed by atoms with Crippen molar-refractivity contribution < 1.29 is 14.3 Å². The normalized spacial score (nSPS) is 16.1. The molecule has 0 spiro atoms. The second kappa shape index (κ2) is 7.99. The highest BCUT2D eigenvalue weighted by molar-refractivity contribution is 5.80. The summed E-state index contributed by atoms with van der Waals surface area (Å²) in [6, 6.07) is 8.25.